The minimum atomic E-state index is -3.83. The Labute approximate surface area is 167 Å². The van der Waals surface area contributed by atoms with Gasteiger partial charge in [0.05, 0.1) is 11.8 Å². The molecule has 1 N–H and O–H groups in total. The number of aryl methyl sites for hydroxylation is 1. The van der Waals surface area contributed by atoms with E-state index in [2.05, 4.69) is 15.2 Å². The third kappa shape index (κ3) is 4.68. The number of aromatic nitrogens is 3. The van der Waals surface area contributed by atoms with Crippen LogP contribution in [-0.2, 0) is 7.05 Å². The van der Waals surface area contributed by atoms with Crippen molar-refractivity contribution in [3.05, 3.63) is 69.9 Å². The van der Waals surface area contributed by atoms with Crippen LogP contribution in [0.15, 0.2) is 53.6 Å². The molecule has 0 saturated carbocycles. The average Bonchev–Trinajstić information content (AvgIpc) is 2.94. The summed E-state index contributed by atoms with van der Waals surface area (Å²) in [4.78, 5) is 24.6. The van der Waals surface area contributed by atoms with Crippen LogP contribution in [0, 0.1) is 0 Å². The van der Waals surface area contributed by atoms with Gasteiger partial charge in [-0.3, -0.25) is 18.8 Å². The number of pyridine rings is 1. The standard InChI is InChI=1S/C17H12Cl2F2N4O3/c1-24-9-13(15(18)23-24)25-8-10(2-7-14(25)26)16(27)22-11-3-5-12(6-4-11)28-17(19,20)21/h2-9H,1H3,(H,22,27). The quantitative estimate of drug-likeness (QED) is 0.629. The van der Waals surface area contributed by atoms with Gasteiger partial charge in [0, 0.05) is 36.6 Å². The van der Waals surface area contributed by atoms with Crippen LogP contribution < -0.4 is 15.6 Å². The molecular formula is C17H12Cl2F2N4O3. The number of alkyl halides is 3. The van der Waals surface area contributed by atoms with Crippen LogP contribution >= 0.6 is 23.2 Å². The van der Waals surface area contributed by atoms with Gasteiger partial charge >= 0.3 is 5.57 Å². The van der Waals surface area contributed by atoms with Crippen molar-refractivity contribution in [2.45, 2.75) is 5.57 Å². The van der Waals surface area contributed by atoms with E-state index < -0.39 is 17.0 Å². The Balaban J connectivity index is 1.81. The second kappa shape index (κ2) is 7.61. The summed E-state index contributed by atoms with van der Waals surface area (Å²) in [5.74, 6) is -0.692. The lowest BCUT2D eigenvalue weighted by atomic mass is 10.2. The van der Waals surface area contributed by atoms with Crippen molar-refractivity contribution in [3.8, 4) is 11.4 Å². The summed E-state index contributed by atoms with van der Waals surface area (Å²) >= 11 is 10.7. The van der Waals surface area contributed by atoms with Gasteiger partial charge in [-0.2, -0.15) is 5.10 Å². The molecule has 1 amide bonds. The molecule has 0 unspecified atom stereocenters. The van der Waals surface area contributed by atoms with Gasteiger partial charge in [0.15, 0.2) is 5.15 Å². The largest absolute Gasteiger partial charge is 0.487 e. The van der Waals surface area contributed by atoms with E-state index >= 15 is 0 Å². The van der Waals surface area contributed by atoms with Crippen LogP contribution in [-0.4, -0.2) is 25.8 Å². The summed E-state index contributed by atoms with van der Waals surface area (Å²) < 4.78 is 32.1. The fourth-order valence-corrected chi connectivity index (χ4v) is 2.71. The van der Waals surface area contributed by atoms with Gasteiger partial charge in [0.25, 0.3) is 11.5 Å². The summed E-state index contributed by atoms with van der Waals surface area (Å²) in [5.41, 5.74) is -3.40. The molecule has 11 heteroatoms. The van der Waals surface area contributed by atoms with Crippen molar-refractivity contribution in [2.24, 2.45) is 7.05 Å². The Morgan fingerprint density at radius 2 is 1.86 bits per heavy atom. The molecule has 146 valence electrons. The summed E-state index contributed by atoms with van der Waals surface area (Å²) in [5, 5.41) is 6.64. The molecule has 0 fully saturated rings. The second-order valence-corrected chi connectivity index (χ2v) is 6.43. The Kier molecular flexibility index (Phi) is 5.39. The SMILES string of the molecule is Cn1cc(-n2cc(C(=O)Nc3ccc(OC(F)(F)Cl)cc3)ccc2=O)c(Cl)n1. The number of hydrogen-bond acceptors (Lipinski definition) is 4. The molecule has 0 aliphatic heterocycles. The first kappa shape index (κ1) is 19.8. The van der Waals surface area contributed by atoms with Crippen molar-refractivity contribution in [1.29, 1.82) is 0 Å². The fraction of sp³-hybridized carbons (Fsp3) is 0.118. The van der Waals surface area contributed by atoms with Crippen LogP contribution in [0.3, 0.4) is 0 Å². The number of rotatable bonds is 5. The van der Waals surface area contributed by atoms with E-state index in [-0.39, 0.29) is 16.5 Å². The Morgan fingerprint density at radius 1 is 1.18 bits per heavy atom. The molecule has 28 heavy (non-hydrogen) atoms. The first-order valence-electron chi connectivity index (χ1n) is 7.72. The number of carbonyl (C=O) groups is 1. The lowest BCUT2D eigenvalue weighted by molar-refractivity contribution is -0.0964. The average molecular weight is 429 g/mol. The topological polar surface area (TPSA) is 78.1 Å². The zero-order chi connectivity index (χ0) is 20.5. The van der Waals surface area contributed by atoms with Crippen molar-refractivity contribution in [1.82, 2.24) is 14.3 Å². The fourth-order valence-electron chi connectivity index (χ4n) is 2.36. The monoisotopic (exact) mass is 428 g/mol. The number of amides is 1. The highest BCUT2D eigenvalue weighted by Gasteiger charge is 2.27. The van der Waals surface area contributed by atoms with Crippen LogP contribution in [0.1, 0.15) is 10.4 Å². The van der Waals surface area contributed by atoms with E-state index in [4.69, 9.17) is 23.2 Å². The Hall–Kier alpha value is -2.91. The van der Waals surface area contributed by atoms with E-state index in [9.17, 15) is 18.4 Å². The number of nitrogens with zero attached hydrogens (tertiary/aromatic N) is 3. The highest BCUT2D eigenvalue weighted by atomic mass is 35.5. The Morgan fingerprint density at radius 3 is 2.43 bits per heavy atom. The van der Waals surface area contributed by atoms with Crippen LogP contribution in [0.25, 0.3) is 5.69 Å². The summed E-state index contributed by atoms with van der Waals surface area (Å²) in [6.07, 6.45) is 2.86. The van der Waals surface area contributed by atoms with E-state index in [1.165, 1.54) is 58.0 Å². The molecule has 2 heterocycles. The summed E-state index contributed by atoms with van der Waals surface area (Å²) in [7, 11) is 1.64. The molecule has 1 aromatic carbocycles. The van der Waals surface area contributed by atoms with Gasteiger partial charge in [-0.25, -0.2) is 0 Å². The molecule has 0 aliphatic rings. The normalized spacial score (nSPS) is 11.3. The lowest BCUT2D eigenvalue weighted by Gasteiger charge is -2.11. The van der Waals surface area contributed by atoms with Crippen molar-refractivity contribution in [3.63, 3.8) is 0 Å². The minimum Gasteiger partial charge on any atom is -0.420 e. The third-order valence-corrected chi connectivity index (χ3v) is 3.89. The molecule has 0 saturated heterocycles. The molecule has 0 aliphatic carbocycles. The zero-order valence-electron chi connectivity index (χ0n) is 14.2. The number of carbonyl (C=O) groups excluding carboxylic acids is 1. The minimum absolute atomic E-state index is 0.105. The van der Waals surface area contributed by atoms with Crippen LogP contribution in [0.4, 0.5) is 14.5 Å². The first-order chi connectivity index (χ1) is 13.1. The molecular weight excluding hydrogens is 417 g/mol. The molecule has 7 nitrogen and oxygen atoms in total. The molecule has 2 aromatic heterocycles. The number of benzene rings is 1. The van der Waals surface area contributed by atoms with Gasteiger partial charge < -0.3 is 10.1 Å². The maximum absolute atomic E-state index is 12.6. The van der Waals surface area contributed by atoms with Gasteiger partial charge in [-0.1, -0.05) is 11.6 Å². The third-order valence-electron chi connectivity index (χ3n) is 3.54. The summed E-state index contributed by atoms with van der Waals surface area (Å²) in [6, 6.07) is 7.75. The maximum Gasteiger partial charge on any atom is 0.487 e. The van der Waals surface area contributed by atoms with Gasteiger partial charge in [0.1, 0.15) is 11.4 Å². The molecule has 3 aromatic rings. The number of hydrogen-bond donors (Lipinski definition) is 1. The van der Waals surface area contributed by atoms with Gasteiger partial charge in [0.2, 0.25) is 0 Å². The van der Waals surface area contributed by atoms with Crippen LogP contribution in [0.2, 0.25) is 5.15 Å². The molecule has 0 radical (unpaired) electrons. The Bertz CT molecular complexity index is 1080. The van der Waals surface area contributed by atoms with Gasteiger partial charge in [-0.05, 0) is 30.3 Å². The van der Waals surface area contributed by atoms with Crippen molar-refractivity contribution < 1.29 is 18.3 Å². The number of anilines is 1. The van der Waals surface area contributed by atoms with Crippen molar-refractivity contribution >= 4 is 34.8 Å². The maximum atomic E-state index is 12.6. The highest BCUT2D eigenvalue weighted by Crippen LogP contribution is 2.26. The highest BCUT2D eigenvalue weighted by molar-refractivity contribution is 6.31. The van der Waals surface area contributed by atoms with E-state index in [0.29, 0.717) is 11.4 Å². The number of nitrogens with one attached hydrogen (secondary N) is 1. The van der Waals surface area contributed by atoms with E-state index in [1.807, 2.05) is 0 Å². The zero-order valence-corrected chi connectivity index (χ0v) is 15.7. The lowest BCUT2D eigenvalue weighted by Crippen LogP contribution is -2.20. The number of halogens is 4. The van der Waals surface area contributed by atoms with E-state index in [0.717, 1.165) is 0 Å². The molecule has 0 spiro atoms. The van der Waals surface area contributed by atoms with Crippen LogP contribution in [0.5, 0.6) is 5.75 Å². The molecule has 0 atom stereocenters. The first-order valence-corrected chi connectivity index (χ1v) is 8.47. The smallest absolute Gasteiger partial charge is 0.420 e. The summed E-state index contributed by atoms with van der Waals surface area (Å²) in [6.45, 7) is 0. The predicted octanol–water partition coefficient (Wildman–Crippen LogP) is 3.64. The van der Waals surface area contributed by atoms with Crippen molar-refractivity contribution in [2.75, 3.05) is 5.32 Å². The van der Waals surface area contributed by atoms with Gasteiger partial charge in [-0.15, -0.1) is 8.78 Å². The number of ether oxygens (including phenoxy) is 1. The molecule has 3 rings (SSSR count). The predicted molar refractivity (Wildman–Crippen MR) is 99.6 cm³/mol. The molecule has 0 bridgehead atoms. The second-order valence-electron chi connectivity index (χ2n) is 5.63. The van der Waals surface area contributed by atoms with E-state index in [1.54, 1.807) is 7.05 Å².